The van der Waals surface area contributed by atoms with Crippen molar-refractivity contribution in [2.75, 3.05) is 31.6 Å². The number of ether oxygens (including phenoxy) is 1. The molecule has 0 spiro atoms. The molecule has 0 saturated carbocycles. The number of ketones is 1. The molecule has 104 valence electrons. The van der Waals surface area contributed by atoms with Crippen LogP contribution < -0.4 is 15.4 Å². The highest BCUT2D eigenvalue weighted by Gasteiger charge is 2.14. The van der Waals surface area contributed by atoms with E-state index in [0.717, 1.165) is 24.4 Å². The predicted molar refractivity (Wildman–Crippen MR) is 73.9 cm³/mol. The number of anilines is 1. The van der Waals surface area contributed by atoms with E-state index in [-0.39, 0.29) is 25.0 Å². The molecule has 1 unspecified atom stereocenters. The van der Waals surface area contributed by atoms with Crippen LogP contribution in [0, 0.1) is 0 Å². The van der Waals surface area contributed by atoms with Crippen LogP contribution in [-0.4, -0.2) is 43.2 Å². The number of carbonyl (C=O) groups excluding carboxylic acids is 1. The lowest BCUT2D eigenvalue weighted by atomic mass is 10.1. The molecule has 0 fully saturated rings. The molecule has 0 bridgehead atoms. The third-order valence-corrected chi connectivity index (χ3v) is 3.24. The lowest BCUT2D eigenvalue weighted by Crippen LogP contribution is -2.35. The fourth-order valence-electron chi connectivity index (χ4n) is 1.99. The first kappa shape index (κ1) is 13.8. The first-order valence-electron chi connectivity index (χ1n) is 6.62. The highest BCUT2D eigenvalue weighted by atomic mass is 16.5. The summed E-state index contributed by atoms with van der Waals surface area (Å²) in [4.78, 5) is 12.1. The Bertz CT molecular complexity index is 444. The monoisotopic (exact) mass is 264 g/mol. The summed E-state index contributed by atoms with van der Waals surface area (Å²) in [6.07, 6.45) is 0.795. The Morgan fingerprint density at radius 2 is 2.42 bits per heavy atom. The van der Waals surface area contributed by atoms with Gasteiger partial charge in [0.25, 0.3) is 0 Å². The number of nitrogens with one attached hydrogen (secondary N) is 2. The minimum atomic E-state index is -0.0250. The molecule has 0 amide bonds. The van der Waals surface area contributed by atoms with Crippen LogP contribution in [0.1, 0.15) is 23.7 Å². The second-order valence-corrected chi connectivity index (χ2v) is 4.58. The van der Waals surface area contributed by atoms with Gasteiger partial charge >= 0.3 is 0 Å². The predicted octanol–water partition coefficient (Wildman–Crippen LogP) is 1.03. The Labute approximate surface area is 113 Å². The van der Waals surface area contributed by atoms with Gasteiger partial charge in [-0.15, -0.1) is 0 Å². The molecule has 0 aromatic heterocycles. The van der Waals surface area contributed by atoms with Crippen LogP contribution in [0.4, 0.5) is 5.69 Å². The van der Waals surface area contributed by atoms with Crippen LogP contribution in [-0.2, 0) is 0 Å². The third kappa shape index (κ3) is 3.45. The molecule has 5 nitrogen and oxygen atoms in total. The maximum atomic E-state index is 12.1. The Hall–Kier alpha value is -1.59. The first-order valence-corrected chi connectivity index (χ1v) is 6.62. The van der Waals surface area contributed by atoms with Crippen molar-refractivity contribution in [3.8, 4) is 5.75 Å². The third-order valence-electron chi connectivity index (χ3n) is 3.24. The molecule has 1 atom stereocenters. The summed E-state index contributed by atoms with van der Waals surface area (Å²) in [5, 5.41) is 15.3. The molecule has 19 heavy (non-hydrogen) atoms. The molecule has 2 rings (SSSR count). The molecule has 3 N–H and O–H groups in total. The van der Waals surface area contributed by atoms with Crippen LogP contribution in [0.15, 0.2) is 18.2 Å². The van der Waals surface area contributed by atoms with Gasteiger partial charge in [0.05, 0.1) is 18.8 Å². The Morgan fingerprint density at radius 1 is 1.58 bits per heavy atom. The van der Waals surface area contributed by atoms with E-state index in [1.54, 1.807) is 6.07 Å². The minimum Gasteiger partial charge on any atom is -0.490 e. The zero-order valence-electron chi connectivity index (χ0n) is 11.1. The van der Waals surface area contributed by atoms with Gasteiger partial charge in [0.2, 0.25) is 0 Å². The molecule has 0 aliphatic carbocycles. The topological polar surface area (TPSA) is 70.6 Å². The zero-order chi connectivity index (χ0) is 13.7. The Morgan fingerprint density at radius 3 is 3.16 bits per heavy atom. The molecule has 0 radical (unpaired) electrons. The van der Waals surface area contributed by atoms with Gasteiger partial charge in [-0.2, -0.15) is 0 Å². The van der Waals surface area contributed by atoms with Crippen molar-refractivity contribution in [3.63, 3.8) is 0 Å². The fraction of sp³-hybridized carbons (Fsp3) is 0.500. The standard InChI is InChI=1S/C14H20N2O3/c1-2-11(9-17)16-8-13(18)10-3-4-14-12(7-10)15-5-6-19-14/h3-4,7,11,15-17H,2,5-6,8-9H2,1H3. The number of hydrogen-bond acceptors (Lipinski definition) is 5. The molecule has 5 heteroatoms. The van der Waals surface area contributed by atoms with Crippen molar-refractivity contribution >= 4 is 11.5 Å². The normalized spacial score (nSPS) is 15.1. The quantitative estimate of drug-likeness (QED) is 0.670. The average molecular weight is 264 g/mol. The first-order chi connectivity index (χ1) is 9.24. The van der Waals surface area contributed by atoms with Crippen LogP contribution in [0.3, 0.4) is 0 Å². The molecule has 1 aromatic carbocycles. The van der Waals surface area contributed by atoms with Crippen molar-refractivity contribution in [1.29, 1.82) is 0 Å². The smallest absolute Gasteiger partial charge is 0.176 e. The molecule has 1 aliphatic rings. The summed E-state index contributed by atoms with van der Waals surface area (Å²) >= 11 is 0. The second-order valence-electron chi connectivity index (χ2n) is 4.58. The van der Waals surface area contributed by atoms with Gasteiger partial charge in [0, 0.05) is 18.2 Å². The molecule has 1 heterocycles. The zero-order valence-corrected chi connectivity index (χ0v) is 11.1. The number of rotatable bonds is 6. The van der Waals surface area contributed by atoms with E-state index in [4.69, 9.17) is 9.84 Å². The van der Waals surface area contributed by atoms with E-state index in [1.807, 2.05) is 19.1 Å². The summed E-state index contributed by atoms with van der Waals surface area (Å²) in [5.74, 6) is 0.805. The van der Waals surface area contributed by atoms with E-state index in [1.165, 1.54) is 0 Å². The van der Waals surface area contributed by atoms with E-state index >= 15 is 0 Å². The van der Waals surface area contributed by atoms with E-state index < -0.39 is 0 Å². The summed E-state index contributed by atoms with van der Waals surface area (Å²) in [7, 11) is 0. The molecule has 1 aromatic rings. The SMILES string of the molecule is CCC(CO)NCC(=O)c1ccc2c(c1)NCCO2. The Balaban J connectivity index is 1.99. The van der Waals surface area contributed by atoms with E-state index in [0.29, 0.717) is 12.2 Å². The van der Waals surface area contributed by atoms with Crippen LogP contribution >= 0.6 is 0 Å². The number of Topliss-reactive ketones (excluding diaryl/α,β-unsaturated/α-hetero) is 1. The van der Waals surface area contributed by atoms with Crippen LogP contribution in [0.2, 0.25) is 0 Å². The minimum absolute atomic E-state index is 0.0158. The maximum Gasteiger partial charge on any atom is 0.176 e. The summed E-state index contributed by atoms with van der Waals surface area (Å²) in [6, 6.07) is 5.38. The van der Waals surface area contributed by atoms with Gasteiger partial charge in [0.15, 0.2) is 5.78 Å². The molecular weight excluding hydrogens is 244 g/mol. The summed E-state index contributed by atoms with van der Waals surface area (Å²) < 4.78 is 5.47. The fourth-order valence-corrected chi connectivity index (χ4v) is 1.99. The van der Waals surface area contributed by atoms with Gasteiger partial charge in [-0.1, -0.05) is 6.92 Å². The van der Waals surface area contributed by atoms with Gasteiger partial charge in [-0.25, -0.2) is 0 Å². The van der Waals surface area contributed by atoms with Gasteiger partial charge in [0.1, 0.15) is 12.4 Å². The summed E-state index contributed by atoms with van der Waals surface area (Å²) in [6.45, 7) is 3.66. The van der Waals surface area contributed by atoms with Crippen LogP contribution in [0.25, 0.3) is 0 Å². The second kappa shape index (κ2) is 6.54. The lowest BCUT2D eigenvalue weighted by molar-refractivity contribution is 0.0982. The van der Waals surface area contributed by atoms with E-state index in [2.05, 4.69) is 10.6 Å². The lowest BCUT2D eigenvalue weighted by Gasteiger charge is -2.19. The van der Waals surface area contributed by atoms with Crippen molar-refractivity contribution in [1.82, 2.24) is 5.32 Å². The summed E-state index contributed by atoms with van der Waals surface area (Å²) in [5.41, 5.74) is 1.52. The highest BCUT2D eigenvalue weighted by Crippen LogP contribution is 2.28. The van der Waals surface area contributed by atoms with Crippen molar-refractivity contribution in [3.05, 3.63) is 23.8 Å². The molecular formula is C14H20N2O3. The van der Waals surface area contributed by atoms with Crippen molar-refractivity contribution in [2.24, 2.45) is 0 Å². The largest absolute Gasteiger partial charge is 0.490 e. The number of aliphatic hydroxyl groups is 1. The number of aliphatic hydroxyl groups excluding tert-OH is 1. The van der Waals surface area contributed by atoms with Gasteiger partial charge in [-0.3, -0.25) is 4.79 Å². The number of carbonyl (C=O) groups is 1. The maximum absolute atomic E-state index is 12.1. The van der Waals surface area contributed by atoms with Crippen LogP contribution in [0.5, 0.6) is 5.75 Å². The van der Waals surface area contributed by atoms with Crippen molar-refractivity contribution in [2.45, 2.75) is 19.4 Å². The van der Waals surface area contributed by atoms with E-state index in [9.17, 15) is 4.79 Å². The molecule has 1 aliphatic heterocycles. The van der Waals surface area contributed by atoms with Gasteiger partial charge < -0.3 is 20.5 Å². The number of fused-ring (bicyclic) bond motifs is 1. The Kier molecular flexibility index (Phi) is 4.76. The number of benzene rings is 1. The van der Waals surface area contributed by atoms with Crippen molar-refractivity contribution < 1.29 is 14.6 Å². The molecule has 0 saturated heterocycles. The average Bonchev–Trinajstić information content (AvgIpc) is 2.47. The number of hydrogen-bond donors (Lipinski definition) is 3. The van der Waals surface area contributed by atoms with Gasteiger partial charge in [-0.05, 0) is 24.6 Å². The highest BCUT2D eigenvalue weighted by molar-refractivity contribution is 5.98.